The highest BCUT2D eigenvalue weighted by atomic mass is 32.2. The van der Waals surface area contributed by atoms with Gasteiger partial charge in [0.15, 0.2) is 5.16 Å². The molecular weight excluding hydrogens is 358 g/mol. The molecular formula is C21H25N3O2S. The van der Waals surface area contributed by atoms with Crippen LogP contribution in [0, 0.1) is 0 Å². The summed E-state index contributed by atoms with van der Waals surface area (Å²) in [5.74, 6) is 1.20. The summed E-state index contributed by atoms with van der Waals surface area (Å²) < 4.78 is 5.24. The van der Waals surface area contributed by atoms with Gasteiger partial charge >= 0.3 is 0 Å². The molecule has 0 aliphatic rings. The molecule has 5 nitrogen and oxygen atoms in total. The number of H-pyrrole nitrogens is 1. The average Bonchev–Trinajstić information content (AvgIpc) is 3.06. The van der Waals surface area contributed by atoms with E-state index in [4.69, 9.17) is 4.74 Å². The SMILES string of the molecule is COc1ccc2nc(SCC(=O)N(Cc3ccccc3)C(C)(C)C)[nH]c2c1. The van der Waals surface area contributed by atoms with Gasteiger partial charge in [-0.05, 0) is 38.5 Å². The summed E-state index contributed by atoms with van der Waals surface area (Å²) in [5.41, 5.74) is 2.64. The molecule has 1 heterocycles. The fraction of sp³-hybridized carbons (Fsp3) is 0.333. The van der Waals surface area contributed by atoms with Crippen LogP contribution in [0.1, 0.15) is 26.3 Å². The van der Waals surface area contributed by atoms with Crippen molar-refractivity contribution in [2.75, 3.05) is 12.9 Å². The number of aromatic amines is 1. The maximum atomic E-state index is 12.9. The second kappa shape index (κ2) is 8.05. The van der Waals surface area contributed by atoms with Crippen molar-refractivity contribution in [3.05, 3.63) is 54.1 Å². The molecule has 0 radical (unpaired) electrons. The van der Waals surface area contributed by atoms with Gasteiger partial charge in [-0.2, -0.15) is 0 Å². The Morgan fingerprint density at radius 2 is 1.93 bits per heavy atom. The quantitative estimate of drug-likeness (QED) is 0.637. The van der Waals surface area contributed by atoms with E-state index in [9.17, 15) is 4.79 Å². The van der Waals surface area contributed by atoms with Crippen LogP contribution in [0.3, 0.4) is 0 Å². The number of amides is 1. The van der Waals surface area contributed by atoms with Crippen molar-refractivity contribution in [2.24, 2.45) is 0 Å². The second-order valence-corrected chi connectivity index (χ2v) is 8.31. The Hall–Kier alpha value is -2.47. The summed E-state index contributed by atoms with van der Waals surface area (Å²) in [6.45, 7) is 6.78. The van der Waals surface area contributed by atoms with Crippen LogP contribution in [-0.4, -0.2) is 39.2 Å². The number of rotatable bonds is 6. The van der Waals surface area contributed by atoms with E-state index in [-0.39, 0.29) is 11.4 Å². The number of ether oxygens (including phenoxy) is 1. The van der Waals surface area contributed by atoms with Crippen molar-refractivity contribution in [3.63, 3.8) is 0 Å². The Kier molecular flexibility index (Phi) is 5.75. The fourth-order valence-corrected chi connectivity index (χ4v) is 3.60. The zero-order chi connectivity index (χ0) is 19.4. The molecule has 0 atom stereocenters. The number of hydrogen-bond donors (Lipinski definition) is 1. The summed E-state index contributed by atoms with van der Waals surface area (Å²) in [5, 5.41) is 0.736. The molecule has 6 heteroatoms. The summed E-state index contributed by atoms with van der Waals surface area (Å²) in [7, 11) is 1.64. The van der Waals surface area contributed by atoms with Gasteiger partial charge in [0.05, 0.1) is 23.9 Å². The lowest BCUT2D eigenvalue weighted by Crippen LogP contribution is -2.45. The molecule has 142 valence electrons. The van der Waals surface area contributed by atoms with E-state index in [2.05, 4.69) is 30.7 Å². The Labute approximate surface area is 164 Å². The predicted octanol–water partition coefficient (Wildman–Crippen LogP) is 4.49. The lowest BCUT2D eigenvalue weighted by Gasteiger charge is -2.36. The van der Waals surface area contributed by atoms with Crippen LogP contribution in [0.5, 0.6) is 5.75 Å². The van der Waals surface area contributed by atoms with Crippen LogP contribution in [-0.2, 0) is 11.3 Å². The van der Waals surface area contributed by atoms with E-state index in [1.165, 1.54) is 11.8 Å². The molecule has 0 unspecified atom stereocenters. The fourth-order valence-electron chi connectivity index (χ4n) is 2.83. The third kappa shape index (κ3) is 4.83. The molecule has 0 spiro atoms. The van der Waals surface area contributed by atoms with Crippen molar-refractivity contribution in [1.29, 1.82) is 0 Å². The van der Waals surface area contributed by atoms with Crippen LogP contribution < -0.4 is 4.74 Å². The van der Waals surface area contributed by atoms with Gasteiger partial charge in [0.1, 0.15) is 5.75 Å². The predicted molar refractivity (Wildman–Crippen MR) is 110 cm³/mol. The molecule has 27 heavy (non-hydrogen) atoms. The molecule has 0 aliphatic carbocycles. The summed E-state index contributed by atoms with van der Waals surface area (Å²) in [6, 6.07) is 15.8. The van der Waals surface area contributed by atoms with Crippen molar-refractivity contribution >= 4 is 28.7 Å². The highest BCUT2D eigenvalue weighted by Gasteiger charge is 2.26. The van der Waals surface area contributed by atoms with E-state index in [0.29, 0.717) is 12.3 Å². The number of methoxy groups -OCH3 is 1. The van der Waals surface area contributed by atoms with Crippen LogP contribution in [0.25, 0.3) is 11.0 Å². The van der Waals surface area contributed by atoms with Crippen molar-refractivity contribution in [3.8, 4) is 5.75 Å². The Bertz CT molecular complexity index is 916. The first-order valence-corrected chi connectivity index (χ1v) is 9.86. The highest BCUT2D eigenvalue weighted by molar-refractivity contribution is 7.99. The minimum absolute atomic E-state index is 0.0920. The summed E-state index contributed by atoms with van der Waals surface area (Å²) in [4.78, 5) is 22.6. The third-order valence-corrected chi connectivity index (χ3v) is 5.15. The van der Waals surface area contributed by atoms with E-state index in [0.717, 1.165) is 27.5 Å². The minimum atomic E-state index is -0.255. The lowest BCUT2D eigenvalue weighted by molar-refractivity contribution is -0.133. The molecule has 1 N–H and O–H groups in total. The van der Waals surface area contributed by atoms with Crippen molar-refractivity contribution in [1.82, 2.24) is 14.9 Å². The number of nitrogens with one attached hydrogen (secondary N) is 1. The van der Waals surface area contributed by atoms with E-state index in [1.807, 2.05) is 53.4 Å². The lowest BCUT2D eigenvalue weighted by atomic mass is 10.0. The number of nitrogens with zero attached hydrogens (tertiary/aromatic N) is 2. The molecule has 2 aromatic carbocycles. The average molecular weight is 384 g/mol. The number of carbonyl (C=O) groups is 1. The maximum Gasteiger partial charge on any atom is 0.233 e. The number of imidazole rings is 1. The number of benzene rings is 2. The zero-order valence-electron chi connectivity index (χ0n) is 16.2. The Morgan fingerprint density at radius 1 is 1.19 bits per heavy atom. The van der Waals surface area contributed by atoms with Gasteiger partial charge < -0.3 is 14.6 Å². The Balaban J connectivity index is 1.70. The minimum Gasteiger partial charge on any atom is -0.497 e. The van der Waals surface area contributed by atoms with Gasteiger partial charge in [-0.1, -0.05) is 42.1 Å². The first-order valence-electron chi connectivity index (χ1n) is 8.88. The van der Waals surface area contributed by atoms with Gasteiger partial charge in [0, 0.05) is 18.2 Å². The molecule has 0 saturated heterocycles. The second-order valence-electron chi connectivity index (χ2n) is 7.35. The summed E-state index contributed by atoms with van der Waals surface area (Å²) >= 11 is 1.42. The third-order valence-electron chi connectivity index (χ3n) is 4.29. The van der Waals surface area contributed by atoms with E-state index >= 15 is 0 Å². The standard InChI is InChI=1S/C21H25N3O2S/c1-21(2,3)24(13-15-8-6-5-7-9-15)19(25)14-27-20-22-17-11-10-16(26-4)12-18(17)23-20/h5-12H,13-14H2,1-4H3,(H,22,23). The molecule has 1 aromatic heterocycles. The number of fused-ring (bicyclic) bond motifs is 1. The molecule has 0 saturated carbocycles. The number of hydrogen-bond acceptors (Lipinski definition) is 4. The molecule has 1 amide bonds. The van der Waals surface area contributed by atoms with Gasteiger partial charge in [0.25, 0.3) is 0 Å². The number of thioether (sulfide) groups is 1. The Morgan fingerprint density at radius 3 is 2.59 bits per heavy atom. The first-order chi connectivity index (χ1) is 12.9. The highest BCUT2D eigenvalue weighted by Crippen LogP contribution is 2.25. The summed E-state index contributed by atoms with van der Waals surface area (Å²) in [6.07, 6.45) is 0. The van der Waals surface area contributed by atoms with Crippen molar-refractivity contribution in [2.45, 2.75) is 38.0 Å². The molecule has 0 fully saturated rings. The maximum absolute atomic E-state index is 12.9. The first kappa shape index (κ1) is 19.3. The molecule has 3 aromatic rings. The van der Waals surface area contributed by atoms with Crippen LogP contribution in [0.15, 0.2) is 53.7 Å². The van der Waals surface area contributed by atoms with Crippen LogP contribution in [0.4, 0.5) is 0 Å². The smallest absolute Gasteiger partial charge is 0.233 e. The molecule has 0 bridgehead atoms. The monoisotopic (exact) mass is 383 g/mol. The zero-order valence-corrected chi connectivity index (χ0v) is 17.0. The van der Waals surface area contributed by atoms with Gasteiger partial charge in [0.2, 0.25) is 5.91 Å². The van der Waals surface area contributed by atoms with Crippen LogP contribution in [0.2, 0.25) is 0 Å². The van der Waals surface area contributed by atoms with Gasteiger partial charge in [-0.3, -0.25) is 4.79 Å². The largest absolute Gasteiger partial charge is 0.497 e. The molecule has 0 aliphatic heterocycles. The normalized spacial score (nSPS) is 11.6. The number of carbonyl (C=O) groups excluding carboxylic acids is 1. The topological polar surface area (TPSA) is 58.2 Å². The van der Waals surface area contributed by atoms with E-state index < -0.39 is 0 Å². The van der Waals surface area contributed by atoms with Crippen molar-refractivity contribution < 1.29 is 9.53 Å². The van der Waals surface area contributed by atoms with Gasteiger partial charge in [-0.25, -0.2) is 4.98 Å². The number of aromatic nitrogens is 2. The van der Waals surface area contributed by atoms with Crippen LogP contribution >= 0.6 is 11.8 Å². The molecule has 3 rings (SSSR count). The van der Waals surface area contributed by atoms with E-state index in [1.54, 1.807) is 7.11 Å². The van der Waals surface area contributed by atoms with Gasteiger partial charge in [-0.15, -0.1) is 0 Å².